The molecule has 106 valence electrons. The van der Waals surface area contributed by atoms with E-state index in [1.807, 2.05) is 17.8 Å². The molecule has 0 bridgehead atoms. The van der Waals surface area contributed by atoms with E-state index in [-0.39, 0.29) is 5.91 Å². The molecule has 0 aliphatic carbocycles. The van der Waals surface area contributed by atoms with Crippen LogP contribution in [0.2, 0.25) is 0 Å². The molecule has 0 spiro atoms. The van der Waals surface area contributed by atoms with Crippen LogP contribution in [0.5, 0.6) is 0 Å². The lowest BCUT2D eigenvalue weighted by Crippen LogP contribution is -2.25. The van der Waals surface area contributed by atoms with Crippen LogP contribution in [0.1, 0.15) is 24.2 Å². The van der Waals surface area contributed by atoms with Crippen LogP contribution in [-0.2, 0) is 0 Å². The Hall–Kier alpha value is -1.36. The van der Waals surface area contributed by atoms with Gasteiger partial charge in [0.05, 0.1) is 5.56 Å². The van der Waals surface area contributed by atoms with Crippen molar-refractivity contribution >= 4 is 29.0 Å². The van der Waals surface area contributed by atoms with Gasteiger partial charge in [0.15, 0.2) is 0 Å². The first-order valence-corrected chi connectivity index (χ1v) is 7.56. The van der Waals surface area contributed by atoms with Gasteiger partial charge in [-0.15, -0.1) is 0 Å². The zero-order chi connectivity index (χ0) is 14.4. The standard InChI is InChI=1S/C14H23N3OS/c1-5-19-9-10(2)16-13-8-11(15)6-7-12(13)14(18)17(3)4/h6-8,10,16H,5,9,15H2,1-4H3. The monoisotopic (exact) mass is 281 g/mol. The van der Waals surface area contributed by atoms with Crippen molar-refractivity contribution in [3.63, 3.8) is 0 Å². The molecule has 1 aromatic rings. The zero-order valence-electron chi connectivity index (χ0n) is 12.1. The van der Waals surface area contributed by atoms with Crippen molar-refractivity contribution in [3.8, 4) is 0 Å². The van der Waals surface area contributed by atoms with Crippen molar-refractivity contribution in [2.45, 2.75) is 19.9 Å². The lowest BCUT2D eigenvalue weighted by atomic mass is 10.1. The number of nitrogen functional groups attached to an aromatic ring is 1. The summed E-state index contributed by atoms with van der Waals surface area (Å²) >= 11 is 1.87. The lowest BCUT2D eigenvalue weighted by molar-refractivity contribution is 0.0828. The maximum Gasteiger partial charge on any atom is 0.255 e. The summed E-state index contributed by atoms with van der Waals surface area (Å²) in [6, 6.07) is 5.65. The highest BCUT2D eigenvalue weighted by molar-refractivity contribution is 7.99. The molecule has 0 fully saturated rings. The summed E-state index contributed by atoms with van der Waals surface area (Å²) in [5.41, 5.74) is 7.94. The van der Waals surface area contributed by atoms with Crippen molar-refractivity contribution in [3.05, 3.63) is 23.8 Å². The summed E-state index contributed by atoms with van der Waals surface area (Å²) in [4.78, 5) is 13.7. The quantitative estimate of drug-likeness (QED) is 0.787. The molecule has 1 unspecified atom stereocenters. The highest BCUT2D eigenvalue weighted by atomic mass is 32.2. The van der Waals surface area contributed by atoms with Crippen molar-refractivity contribution in [2.24, 2.45) is 0 Å². The summed E-state index contributed by atoms with van der Waals surface area (Å²) < 4.78 is 0. The molecule has 0 aromatic heterocycles. The van der Waals surface area contributed by atoms with Crippen molar-refractivity contribution < 1.29 is 4.79 Å². The Kier molecular flexibility index (Phi) is 6.02. The van der Waals surface area contributed by atoms with Crippen LogP contribution in [0, 0.1) is 0 Å². The highest BCUT2D eigenvalue weighted by Crippen LogP contribution is 2.22. The number of nitrogens with zero attached hydrogens (tertiary/aromatic N) is 1. The number of hydrogen-bond acceptors (Lipinski definition) is 4. The Labute approximate surface area is 119 Å². The number of anilines is 2. The number of rotatable bonds is 6. The van der Waals surface area contributed by atoms with E-state index in [4.69, 9.17) is 5.73 Å². The number of carbonyl (C=O) groups excluding carboxylic acids is 1. The van der Waals surface area contributed by atoms with E-state index in [1.165, 1.54) is 0 Å². The number of benzene rings is 1. The molecule has 0 radical (unpaired) electrons. The fraction of sp³-hybridized carbons (Fsp3) is 0.500. The van der Waals surface area contributed by atoms with Gasteiger partial charge in [-0.1, -0.05) is 6.92 Å². The Morgan fingerprint density at radius 2 is 2.16 bits per heavy atom. The lowest BCUT2D eigenvalue weighted by Gasteiger charge is -2.19. The molecule has 1 atom stereocenters. The van der Waals surface area contributed by atoms with Gasteiger partial charge in [0, 0.05) is 37.3 Å². The molecule has 19 heavy (non-hydrogen) atoms. The average Bonchev–Trinajstić information content (AvgIpc) is 2.35. The minimum atomic E-state index is -0.0159. The van der Waals surface area contributed by atoms with E-state index >= 15 is 0 Å². The maximum absolute atomic E-state index is 12.1. The molecule has 1 aromatic carbocycles. The number of nitrogens with two attached hydrogens (primary N) is 1. The molecular weight excluding hydrogens is 258 g/mol. The minimum absolute atomic E-state index is 0.0159. The van der Waals surface area contributed by atoms with E-state index in [2.05, 4.69) is 19.2 Å². The van der Waals surface area contributed by atoms with E-state index < -0.39 is 0 Å². The summed E-state index contributed by atoms with van der Waals surface area (Å²) in [5, 5.41) is 3.37. The summed E-state index contributed by atoms with van der Waals surface area (Å²) in [7, 11) is 3.50. The minimum Gasteiger partial charge on any atom is -0.399 e. The molecule has 5 heteroatoms. The van der Waals surface area contributed by atoms with Crippen molar-refractivity contribution in [2.75, 3.05) is 36.7 Å². The first-order chi connectivity index (χ1) is 8.95. The van der Waals surface area contributed by atoms with Gasteiger partial charge < -0.3 is 16.0 Å². The predicted molar refractivity (Wildman–Crippen MR) is 85.0 cm³/mol. The summed E-state index contributed by atoms with van der Waals surface area (Å²) in [6.45, 7) is 4.24. The number of thioether (sulfide) groups is 1. The van der Waals surface area contributed by atoms with Gasteiger partial charge in [0.1, 0.15) is 0 Å². The van der Waals surface area contributed by atoms with Crippen LogP contribution in [0.3, 0.4) is 0 Å². The second-order valence-corrected chi connectivity index (χ2v) is 6.03. The molecule has 0 saturated heterocycles. The van der Waals surface area contributed by atoms with Crippen LogP contribution in [0.25, 0.3) is 0 Å². The summed E-state index contributed by atoms with van der Waals surface area (Å²) in [5.74, 6) is 2.07. The predicted octanol–water partition coefficient (Wildman–Crippen LogP) is 2.52. The second-order valence-electron chi connectivity index (χ2n) is 4.71. The van der Waals surface area contributed by atoms with Gasteiger partial charge in [0.2, 0.25) is 0 Å². The van der Waals surface area contributed by atoms with E-state index in [9.17, 15) is 4.79 Å². The molecule has 0 aliphatic heterocycles. The Morgan fingerprint density at radius 1 is 1.47 bits per heavy atom. The third kappa shape index (κ3) is 4.67. The number of amides is 1. The van der Waals surface area contributed by atoms with Gasteiger partial charge in [0.25, 0.3) is 5.91 Å². The van der Waals surface area contributed by atoms with Gasteiger partial charge in [-0.05, 0) is 30.9 Å². The van der Waals surface area contributed by atoms with Crippen LogP contribution >= 0.6 is 11.8 Å². The third-order valence-corrected chi connectivity index (χ3v) is 3.80. The van der Waals surface area contributed by atoms with Crippen molar-refractivity contribution in [1.29, 1.82) is 0 Å². The fourth-order valence-electron chi connectivity index (χ4n) is 1.71. The summed E-state index contributed by atoms with van der Waals surface area (Å²) in [6.07, 6.45) is 0. The molecular formula is C14H23N3OS. The van der Waals surface area contributed by atoms with E-state index in [1.54, 1.807) is 31.1 Å². The molecule has 0 aliphatic rings. The van der Waals surface area contributed by atoms with Crippen LogP contribution in [-0.4, -0.2) is 42.4 Å². The van der Waals surface area contributed by atoms with E-state index in [0.29, 0.717) is 17.3 Å². The average molecular weight is 281 g/mol. The van der Waals surface area contributed by atoms with Crippen molar-refractivity contribution in [1.82, 2.24) is 4.90 Å². The molecule has 4 nitrogen and oxygen atoms in total. The molecule has 1 rings (SSSR count). The maximum atomic E-state index is 12.1. The van der Waals surface area contributed by atoms with Gasteiger partial charge in [-0.3, -0.25) is 4.79 Å². The van der Waals surface area contributed by atoms with Gasteiger partial charge in [-0.2, -0.15) is 11.8 Å². The largest absolute Gasteiger partial charge is 0.399 e. The van der Waals surface area contributed by atoms with Gasteiger partial charge >= 0.3 is 0 Å². The molecule has 3 N–H and O–H groups in total. The first-order valence-electron chi connectivity index (χ1n) is 6.41. The first kappa shape index (κ1) is 15.7. The number of carbonyl (C=O) groups is 1. The Morgan fingerprint density at radius 3 is 2.74 bits per heavy atom. The normalized spacial score (nSPS) is 12.0. The zero-order valence-corrected chi connectivity index (χ0v) is 12.9. The third-order valence-electron chi connectivity index (χ3n) is 2.65. The molecule has 0 saturated carbocycles. The van der Waals surface area contributed by atoms with E-state index in [0.717, 1.165) is 17.2 Å². The Balaban J connectivity index is 2.91. The van der Waals surface area contributed by atoms with Gasteiger partial charge in [-0.25, -0.2) is 0 Å². The smallest absolute Gasteiger partial charge is 0.255 e. The van der Waals surface area contributed by atoms with Crippen LogP contribution in [0.4, 0.5) is 11.4 Å². The SMILES string of the molecule is CCSCC(C)Nc1cc(N)ccc1C(=O)N(C)C. The Bertz CT molecular complexity index is 435. The number of hydrogen-bond donors (Lipinski definition) is 2. The highest BCUT2D eigenvalue weighted by Gasteiger charge is 2.15. The van der Waals surface area contributed by atoms with Crippen LogP contribution < -0.4 is 11.1 Å². The molecule has 1 amide bonds. The van der Waals surface area contributed by atoms with Crippen LogP contribution in [0.15, 0.2) is 18.2 Å². The second kappa shape index (κ2) is 7.28. The fourth-order valence-corrected chi connectivity index (χ4v) is 2.38. The number of nitrogens with one attached hydrogen (secondary N) is 1. The topological polar surface area (TPSA) is 58.4 Å². The molecule has 0 heterocycles.